The van der Waals surface area contributed by atoms with E-state index < -0.39 is 6.04 Å². The van der Waals surface area contributed by atoms with Crippen molar-refractivity contribution in [3.8, 4) is 34.3 Å². The summed E-state index contributed by atoms with van der Waals surface area (Å²) in [5.74, 6) is 0.815. The van der Waals surface area contributed by atoms with Gasteiger partial charge >= 0.3 is 0 Å². The molecule has 1 aliphatic rings. The van der Waals surface area contributed by atoms with Crippen LogP contribution in [0.4, 0.5) is 0 Å². The number of methoxy groups -OCH3 is 1. The van der Waals surface area contributed by atoms with E-state index >= 15 is 0 Å². The lowest BCUT2D eigenvalue weighted by atomic mass is 9.94. The van der Waals surface area contributed by atoms with Gasteiger partial charge in [0.1, 0.15) is 22.9 Å². The maximum Gasteiger partial charge on any atom is 0.273 e. The van der Waals surface area contributed by atoms with E-state index in [4.69, 9.17) is 21.1 Å². The number of carbonyl (C=O) groups is 1. The molecule has 9 heteroatoms. The van der Waals surface area contributed by atoms with Gasteiger partial charge in [-0.3, -0.25) is 9.89 Å². The number of phenolic OH excluding ortho intramolecular Hbond substituents is 2. The van der Waals surface area contributed by atoms with Crippen molar-refractivity contribution in [1.29, 1.82) is 0 Å². The molecule has 1 atom stereocenters. The highest BCUT2D eigenvalue weighted by Gasteiger charge is 2.43. The number of aromatic nitrogens is 2. The van der Waals surface area contributed by atoms with Gasteiger partial charge in [-0.1, -0.05) is 29.8 Å². The second-order valence-corrected chi connectivity index (χ2v) is 9.23. The zero-order valence-corrected chi connectivity index (χ0v) is 21.3. The van der Waals surface area contributed by atoms with Gasteiger partial charge in [0.05, 0.1) is 19.8 Å². The number of ether oxygens (including phenoxy) is 2. The summed E-state index contributed by atoms with van der Waals surface area (Å²) in [5.41, 5.74) is 4.14. The van der Waals surface area contributed by atoms with Gasteiger partial charge in [-0.05, 0) is 66.9 Å². The average molecular weight is 520 g/mol. The van der Waals surface area contributed by atoms with Gasteiger partial charge in [0.2, 0.25) is 0 Å². The quantitative estimate of drug-likeness (QED) is 0.293. The molecule has 1 aliphatic heterocycles. The van der Waals surface area contributed by atoms with Crippen molar-refractivity contribution < 1.29 is 24.5 Å². The molecule has 2 heterocycles. The largest absolute Gasteiger partial charge is 0.507 e. The molecule has 3 aromatic carbocycles. The van der Waals surface area contributed by atoms with Crippen LogP contribution in [-0.2, 0) is 6.54 Å². The molecule has 37 heavy (non-hydrogen) atoms. The minimum absolute atomic E-state index is 0.00669. The number of aromatic hydroxyl groups is 2. The Bertz CT molecular complexity index is 1480. The number of rotatable bonds is 7. The molecule has 190 valence electrons. The van der Waals surface area contributed by atoms with Gasteiger partial charge in [0.25, 0.3) is 5.91 Å². The first-order valence-corrected chi connectivity index (χ1v) is 12.2. The van der Waals surface area contributed by atoms with Crippen molar-refractivity contribution >= 4 is 17.5 Å². The molecule has 3 N–H and O–H groups in total. The zero-order valence-electron chi connectivity index (χ0n) is 20.6. The Hall–Kier alpha value is -4.17. The van der Waals surface area contributed by atoms with Gasteiger partial charge in [-0.25, -0.2) is 0 Å². The van der Waals surface area contributed by atoms with E-state index in [0.29, 0.717) is 46.4 Å². The molecule has 0 saturated heterocycles. The van der Waals surface area contributed by atoms with Crippen LogP contribution in [0.25, 0.3) is 11.3 Å². The molecule has 0 aliphatic carbocycles. The van der Waals surface area contributed by atoms with Crippen LogP contribution in [0.15, 0.2) is 54.6 Å². The fourth-order valence-electron chi connectivity index (χ4n) is 4.67. The SMILES string of the molecule is CCOc1cc([C@H]2c3c(-c4cc(Cl)c(C)cc4O)n[nH]c3C(=O)N2Cc2ccc(OC)cc2)ccc1O. The number of hydrogen-bond acceptors (Lipinski definition) is 6. The highest BCUT2D eigenvalue weighted by molar-refractivity contribution is 6.31. The molecule has 0 radical (unpaired) electrons. The maximum atomic E-state index is 13.7. The van der Waals surface area contributed by atoms with Crippen LogP contribution in [0, 0.1) is 6.92 Å². The monoisotopic (exact) mass is 519 g/mol. The molecular weight excluding hydrogens is 494 g/mol. The van der Waals surface area contributed by atoms with Gasteiger partial charge in [0, 0.05) is 22.7 Å². The number of halogens is 1. The first kappa shape index (κ1) is 24.5. The smallest absolute Gasteiger partial charge is 0.273 e. The van der Waals surface area contributed by atoms with Gasteiger partial charge in [-0.15, -0.1) is 0 Å². The number of nitrogens with one attached hydrogen (secondary N) is 1. The van der Waals surface area contributed by atoms with Crippen LogP contribution in [0.3, 0.4) is 0 Å². The van der Waals surface area contributed by atoms with E-state index in [1.165, 1.54) is 0 Å². The van der Waals surface area contributed by atoms with Crippen LogP contribution >= 0.6 is 11.6 Å². The maximum absolute atomic E-state index is 13.7. The van der Waals surface area contributed by atoms with E-state index in [-0.39, 0.29) is 17.4 Å². The predicted molar refractivity (Wildman–Crippen MR) is 139 cm³/mol. The van der Waals surface area contributed by atoms with Crippen molar-refractivity contribution in [2.75, 3.05) is 13.7 Å². The molecule has 1 aromatic heterocycles. The molecule has 0 unspecified atom stereocenters. The number of aromatic amines is 1. The lowest BCUT2D eigenvalue weighted by molar-refractivity contribution is 0.0730. The lowest BCUT2D eigenvalue weighted by Crippen LogP contribution is -2.29. The summed E-state index contributed by atoms with van der Waals surface area (Å²) in [7, 11) is 1.60. The van der Waals surface area contributed by atoms with Crippen molar-refractivity contribution in [3.05, 3.63) is 87.6 Å². The summed E-state index contributed by atoms with van der Waals surface area (Å²) >= 11 is 6.39. The Kier molecular flexibility index (Phi) is 6.43. The number of hydrogen-bond donors (Lipinski definition) is 3. The molecule has 4 aromatic rings. The fraction of sp³-hybridized carbons (Fsp3) is 0.214. The third kappa shape index (κ3) is 4.34. The van der Waals surface area contributed by atoms with Crippen LogP contribution in [-0.4, -0.2) is 44.9 Å². The topological polar surface area (TPSA) is 108 Å². The molecular formula is C28H26ClN3O5. The number of nitrogens with zero attached hydrogens (tertiary/aromatic N) is 2. The van der Waals surface area contributed by atoms with Crippen LogP contribution in [0.5, 0.6) is 23.0 Å². The highest BCUT2D eigenvalue weighted by Crippen LogP contribution is 2.47. The number of phenols is 2. The number of benzene rings is 3. The molecule has 8 nitrogen and oxygen atoms in total. The summed E-state index contributed by atoms with van der Waals surface area (Å²) in [4.78, 5) is 15.4. The second-order valence-electron chi connectivity index (χ2n) is 8.82. The third-order valence-electron chi connectivity index (χ3n) is 6.51. The highest BCUT2D eigenvalue weighted by atomic mass is 35.5. The van der Waals surface area contributed by atoms with E-state index in [9.17, 15) is 15.0 Å². The summed E-state index contributed by atoms with van der Waals surface area (Å²) in [6.07, 6.45) is 0. The summed E-state index contributed by atoms with van der Waals surface area (Å²) in [6, 6.07) is 15.2. The van der Waals surface area contributed by atoms with Crippen LogP contribution < -0.4 is 9.47 Å². The first-order chi connectivity index (χ1) is 17.8. The van der Waals surface area contributed by atoms with E-state index in [1.807, 2.05) is 31.2 Å². The summed E-state index contributed by atoms with van der Waals surface area (Å²) in [6.45, 7) is 4.31. The van der Waals surface area contributed by atoms with Crippen molar-refractivity contribution in [1.82, 2.24) is 15.1 Å². The number of amides is 1. The number of H-pyrrole nitrogens is 1. The van der Waals surface area contributed by atoms with Gasteiger partial charge < -0.3 is 24.6 Å². The average Bonchev–Trinajstić information content (AvgIpc) is 3.42. The van der Waals surface area contributed by atoms with Crippen molar-refractivity contribution in [3.63, 3.8) is 0 Å². The number of fused-ring (bicyclic) bond motifs is 1. The van der Waals surface area contributed by atoms with Gasteiger partial charge in [-0.2, -0.15) is 5.10 Å². The summed E-state index contributed by atoms with van der Waals surface area (Å²) in [5, 5.41) is 28.9. The normalized spacial score (nSPS) is 14.6. The second kappa shape index (κ2) is 9.71. The lowest BCUT2D eigenvalue weighted by Gasteiger charge is -2.27. The molecule has 5 rings (SSSR count). The molecule has 0 spiro atoms. The Labute approximate surface area is 219 Å². The van der Waals surface area contributed by atoms with Crippen LogP contribution in [0.1, 0.15) is 45.7 Å². The number of aryl methyl sites for hydroxylation is 1. The summed E-state index contributed by atoms with van der Waals surface area (Å²) < 4.78 is 10.9. The van der Waals surface area contributed by atoms with Crippen LogP contribution in [0.2, 0.25) is 5.02 Å². The Balaban J connectivity index is 1.66. The molecule has 0 saturated carbocycles. The Morgan fingerprint density at radius 1 is 1.08 bits per heavy atom. The van der Waals surface area contributed by atoms with E-state index in [2.05, 4.69) is 10.2 Å². The number of carbonyl (C=O) groups excluding carboxylic acids is 1. The van der Waals surface area contributed by atoms with E-state index in [0.717, 1.165) is 22.4 Å². The Morgan fingerprint density at radius 2 is 1.84 bits per heavy atom. The molecule has 0 fully saturated rings. The zero-order chi connectivity index (χ0) is 26.3. The molecule has 0 bridgehead atoms. The van der Waals surface area contributed by atoms with Crippen molar-refractivity contribution in [2.45, 2.75) is 26.4 Å². The molecule has 1 amide bonds. The standard InChI is InChI=1S/C28H26ClN3O5/c1-4-37-23-12-17(7-10-21(23)33)27-24-25(19-13-20(29)15(2)11-22(19)34)30-31-26(24)28(35)32(27)14-16-5-8-18(36-3)9-6-16/h5-13,27,33-34H,4,14H2,1-3H3,(H,30,31)/t27-/m0/s1. The third-order valence-corrected chi connectivity index (χ3v) is 6.91. The van der Waals surface area contributed by atoms with Gasteiger partial charge in [0.15, 0.2) is 11.5 Å². The van der Waals surface area contributed by atoms with E-state index in [1.54, 1.807) is 49.3 Å². The predicted octanol–water partition coefficient (Wildman–Crippen LogP) is 5.60. The minimum Gasteiger partial charge on any atom is -0.507 e. The minimum atomic E-state index is -0.572. The Morgan fingerprint density at radius 3 is 2.54 bits per heavy atom. The fourth-order valence-corrected chi connectivity index (χ4v) is 4.83. The van der Waals surface area contributed by atoms with Crippen molar-refractivity contribution in [2.24, 2.45) is 0 Å². The first-order valence-electron chi connectivity index (χ1n) is 11.8.